The highest BCUT2D eigenvalue weighted by molar-refractivity contribution is 7.53. The van der Waals surface area contributed by atoms with Crippen molar-refractivity contribution in [3.05, 3.63) is 12.7 Å². The monoisotopic (exact) mass is 224 g/mol. The molecule has 0 saturated heterocycles. The highest BCUT2D eigenvalue weighted by Gasteiger charge is 2.33. The molecule has 0 spiro atoms. The maximum Gasteiger partial charge on any atom is 0.349 e. The van der Waals surface area contributed by atoms with Gasteiger partial charge in [-0.05, 0) is 14.1 Å². The van der Waals surface area contributed by atoms with E-state index in [-0.39, 0.29) is 6.61 Å². The Balaban J connectivity index is 4.65. The van der Waals surface area contributed by atoms with Gasteiger partial charge in [-0.3, -0.25) is 4.57 Å². The zero-order chi connectivity index (χ0) is 11.2. The molecule has 7 heteroatoms. The van der Waals surface area contributed by atoms with Crippen LogP contribution in [0.3, 0.4) is 0 Å². The molecule has 0 radical (unpaired) electrons. The fourth-order valence-electron chi connectivity index (χ4n) is 0.767. The average molecular weight is 224 g/mol. The lowest BCUT2D eigenvalue weighted by Gasteiger charge is -2.31. The van der Waals surface area contributed by atoms with Crippen molar-refractivity contribution in [3.63, 3.8) is 0 Å². The number of hydrogen-bond acceptors (Lipinski definition) is 4. The largest absolute Gasteiger partial charge is 0.381 e. The zero-order valence-corrected chi connectivity index (χ0v) is 9.35. The van der Waals surface area contributed by atoms with E-state index in [1.807, 2.05) is 0 Å². The Kier molecular flexibility index (Phi) is 6.19. The van der Waals surface area contributed by atoms with Crippen LogP contribution in [0.1, 0.15) is 0 Å². The first-order valence-corrected chi connectivity index (χ1v) is 5.56. The lowest BCUT2D eigenvalue weighted by Crippen LogP contribution is -2.29. The summed E-state index contributed by atoms with van der Waals surface area (Å²) in [5.41, 5.74) is 0. The van der Waals surface area contributed by atoms with Crippen molar-refractivity contribution in [3.8, 4) is 0 Å². The smallest absolute Gasteiger partial charge is 0.349 e. The van der Waals surface area contributed by atoms with Crippen LogP contribution < -0.4 is 0 Å². The van der Waals surface area contributed by atoms with Gasteiger partial charge in [0.2, 0.25) is 0 Å². The molecule has 0 rings (SSSR count). The van der Waals surface area contributed by atoms with Gasteiger partial charge in [0.1, 0.15) is 13.5 Å². The maximum absolute atomic E-state index is 12.1. The van der Waals surface area contributed by atoms with Gasteiger partial charge in [0.05, 0.1) is 6.61 Å². The Morgan fingerprint density at radius 1 is 1.36 bits per heavy atom. The molecule has 0 aliphatic heterocycles. The van der Waals surface area contributed by atoms with Crippen LogP contribution in [-0.4, -0.2) is 53.7 Å². The molecule has 0 aromatic heterocycles. The number of aliphatic hydroxyl groups excluding tert-OH is 2. The van der Waals surface area contributed by atoms with Crippen LogP contribution >= 0.6 is 7.67 Å². The summed E-state index contributed by atoms with van der Waals surface area (Å²) in [4.78, 5) is 0. The first-order valence-electron chi connectivity index (χ1n) is 4.03. The summed E-state index contributed by atoms with van der Waals surface area (Å²) in [5.74, 6) is 0. The summed E-state index contributed by atoms with van der Waals surface area (Å²) >= 11 is 0. The van der Waals surface area contributed by atoms with Gasteiger partial charge < -0.3 is 14.7 Å². The molecule has 0 aliphatic carbocycles. The Morgan fingerprint density at radius 3 is 2.07 bits per heavy atom. The molecule has 0 bridgehead atoms. The Bertz CT molecular complexity index is 210. The zero-order valence-electron chi connectivity index (χ0n) is 8.46. The molecule has 0 aliphatic rings. The van der Waals surface area contributed by atoms with Gasteiger partial charge >= 0.3 is 7.67 Å². The SMILES string of the molecule is C=CCOP(=O)(N(C)CO)N(C)CO. The number of nitrogens with zero attached hydrogens (tertiary/aromatic N) is 2. The third-order valence-corrected chi connectivity index (χ3v) is 4.10. The second kappa shape index (κ2) is 6.29. The van der Waals surface area contributed by atoms with Gasteiger partial charge in [0.25, 0.3) is 0 Å². The van der Waals surface area contributed by atoms with E-state index in [9.17, 15) is 4.57 Å². The average Bonchev–Trinajstić information content (AvgIpc) is 2.23. The van der Waals surface area contributed by atoms with Crippen molar-refractivity contribution in [2.24, 2.45) is 0 Å². The van der Waals surface area contributed by atoms with Crippen LogP contribution in [0.15, 0.2) is 12.7 Å². The van der Waals surface area contributed by atoms with E-state index in [4.69, 9.17) is 14.7 Å². The molecular weight excluding hydrogens is 207 g/mol. The minimum atomic E-state index is -3.32. The minimum Gasteiger partial charge on any atom is -0.381 e. The first-order chi connectivity index (χ1) is 6.52. The summed E-state index contributed by atoms with van der Waals surface area (Å²) < 4.78 is 19.4. The Labute approximate surface area is 83.9 Å². The van der Waals surface area contributed by atoms with Crippen molar-refractivity contribution in [1.29, 1.82) is 0 Å². The van der Waals surface area contributed by atoms with Gasteiger partial charge in [-0.25, -0.2) is 0 Å². The summed E-state index contributed by atoms with van der Waals surface area (Å²) in [5, 5.41) is 17.7. The summed E-state index contributed by atoms with van der Waals surface area (Å²) in [7, 11) is -0.442. The lowest BCUT2D eigenvalue weighted by molar-refractivity contribution is 0.126. The predicted octanol–water partition coefficient (Wildman–Crippen LogP) is 0.0603. The second-order valence-corrected chi connectivity index (χ2v) is 5.28. The van der Waals surface area contributed by atoms with Gasteiger partial charge in [-0.1, -0.05) is 6.08 Å². The molecule has 0 aromatic carbocycles. The van der Waals surface area contributed by atoms with Crippen LogP contribution in [-0.2, 0) is 9.09 Å². The van der Waals surface area contributed by atoms with Gasteiger partial charge in [-0.15, -0.1) is 6.58 Å². The minimum absolute atomic E-state index is 0.0892. The van der Waals surface area contributed by atoms with Crippen molar-refractivity contribution in [1.82, 2.24) is 9.34 Å². The Morgan fingerprint density at radius 2 is 1.79 bits per heavy atom. The van der Waals surface area contributed by atoms with Gasteiger partial charge in [0, 0.05) is 0 Å². The molecule has 2 N–H and O–H groups in total. The molecule has 0 amide bonds. The van der Waals surface area contributed by atoms with Crippen molar-refractivity contribution < 1.29 is 19.3 Å². The third kappa shape index (κ3) is 3.16. The highest BCUT2D eigenvalue weighted by atomic mass is 31.2. The van der Waals surface area contributed by atoms with E-state index >= 15 is 0 Å². The molecule has 6 nitrogen and oxygen atoms in total. The lowest BCUT2D eigenvalue weighted by atomic mass is 10.7. The molecule has 0 aromatic rings. The molecular formula is C7H17N2O4P. The van der Waals surface area contributed by atoms with Crippen LogP contribution in [0, 0.1) is 0 Å². The van der Waals surface area contributed by atoms with Crippen molar-refractivity contribution in [2.45, 2.75) is 0 Å². The van der Waals surface area contributed by atoms with E-state index in [0.717, 1.165) is 9.34 Å². The third-order valence-electron chi connectivity index (χ3n) is 1.63. The first kappa shape index (κ1) is 13.8. The fourth-order valence-corrected chi connectivity index (χ4v) is 2.30. The van der Waals surface area contributed by atoms with Crippen LogP contribution in [0.25, 0.3) is 0 Å². The van der Waals surface area contributed by atoms with E-state index in [1.165, 1.54) is 20.2 Å². The quantitative estimate of drug-likeness (QED) is 0.362. The number of aliphatic hydroxyl groups is 2. The summed E-state index contributed by atoms with van der Waals surface area (Å²) in [6.07, 6.45) is 1.45. The molecule has 84 valence electrons. The molecule has 14 heavy (non-hydrogen) atoms. The van der Waals surface area contributed by atoms with E-state index in [1.54, 1.807) is 0 Å². The molecule has 0 heterocycles. The van der Waals surface area contributed by atoms with Gasteiger partial charge in [-0.2, -0.15) is 9.34 Å². The molecule has 0 fully saturated rings. The van der Waals surface area contributed by atoms with Crippen LogP contribution in [0.2, 0.25) is 0 Å². The van der Waals surface area contributed by atoms with Crippen molar-refractivity contribution >= 4 is 7.67 Å². The van der Waals surface area contributed by atoms with Crippen LogP contribution in [0.5, 0.6) is 0 Å². The predicted molar refractivity (Wildman–Crippen MR) is 53.5 cm³/mol. The highest BCUT2D eigenvalue weighted by Crippen LogP contribution is 2.51. The van der Waals surface area contributed by atoms with E-state index in [2.05, 4.69) is 6.58 Å². The van der Waals surface area contributed by atoms with Crippen molar-refractivity contribution in [2.75, 3.05) is 34.2 Å². The summed E-state index contributed by atoms with van der Waals surface area (Å²) in [6.45, 7) is 2.68. The number of hydrogen-bond donors (Lipinski definition) is 2. The topological polar surface area (TPSA) is 73.2 Å². The normalized spacial score (nSPS) is 12.4. The molecule has 0 unspecified atom stereocenters. The molecule has 0 saturated carbocycles. The number of rotatable bonds is 7. The van der Waals surface area contributed by atoms with E-state index < -0.39 is 21.1 Å². The Hall–Kier alpha value is -0.230. The van der Waals surface area contributed by atoms with E-state index in [0.29, 0.717) is 0 Å². The van der Waals surface area contributed by atoms with Gasteiger partial charge in [0.15, 0.2) is 0 Å². The fraction of sp³-hybridized carbons (Fsp3) is 0.714. The second-order valence-electron chi connectivity index (χ2n) is 2.67. The maximum atomic E-state index is 12.1. The standard InChI is InChI=1S/C7H17N2O4P/c1-4-5-13-14(12,8(2)6-10)9(3)7-11/h4,10-11H,1,5-7H2,2-3H3. The molecule has 0 atom stereocenters. The van der Waals surface area contributed by atoms with Crippen LogP contribution in [0.4, 0.5) is 0 Å². The summed E-state index contributed by atoms with van der Waals surface area (Å²) in [6, 6.07) is 0.